The molecule has 1 aromatic heterocycles. The first-order valence-corrected chi connectivity index (χ1v) is 10.1. The summed E-state index contributed by atoms with van der Waals surface area (Å²) in [6.07, 6.45) is 0.570. The van der Waals surface area contributed by atoms with Gasteiger partial charge in [-0.05, 0) is 32.2 Å². The Morgan fingerprint density at radius 3 is 2.38 bits per heavy atom. The largest absolute Gasteiger partial charge is 0.451 e. The van der Waals surface area contributed by atoms with E-state index in [9.17, 15) is 19.2 Å². The number of rotatable bonds is 7. The monoisotopic (exact) mass is 417 g/mol. The molecule has 3 amide bonds. The third-order valence-electron chi connectivity index (χ3n) is 4.28. The van der Waals surface area contributed by atoms with Crippen molar-refractivity contribution in [2.75, 3.05) is 17.3 Å². The Balaban J connectivity index is 1.72. The molecule has 0 saturated carbocycles. The van der Waals surface area contributed by atoms with Crippen LogP contribution in [0.4, 0.5) is 5.82 Å². The zero-order valence-electron chi connectivity index (χ0n) is 16.0. The fourth-order valence-electron chi connectivity index (χ4n) is 2.86. The fraction of sp³-hybridized carbons (Fsp3) is 0.316. The maximum Gasteiger partial charge on any atom is 0.331 e. The molecule has 1 aromatic carbocycles. The van der Waals surface area contributed by atoms with Crippen molar-refractivity contribution in [1.82, 2.24) is 10.1 Å². The van der Waals surface area contributed by atoms with E-state index in [1.165, 1.54) is 36.9 Å². The van der Waals surface area contributed by atoms with Gasteiger partial charge in [-0.25, -0.2) is 4.79 Å². The van der Waals surface area contributed by atoms with Gasteiger partial charge in [-0.2, -0.15) is 11.8 Å². The number of hydrogen-bond acceptors (Lipinski definition) is 8. The van der Waals surface area contributed by atoms with Gasteiger partial charge < -0.3 is 14.6 Å². The van der Waals surface area contributed by atoms with Crippen LogP contribution in [0.15, 0.2) is 34.9 Å². The van der Waals surface area contributed by atoms with E-state index in [4.69, 9.17) is 9.26 Å². The minimum Gasteiger partial charge on any atom is -0.451 e. The summed E-state index contributed by atoms with van der Waals surface area (Å²) in [4.78, 5) is 51.2. The molecule has 3 rings (SSSR count). The number of aryl methyl sites for hydroxylation is 1. The summed E-state index contributed by atoms with van der Waals surface area (Å²) in [7, 11) is 0. The van der Waals surface area contributed by atoms with E-state index in [0.29, 0.717) is 5.76 Å². The second-order valence-corrected chi connectivity index (χ2v) is 7.30. The number of carbonyl (C=O) groups is 4. The molecule has 152 valence electrons. The fourth-order valence-corrected chi connectivity index (χ4v) is 3.46. The summed E-state index contributed by atoms with van der Waals surface area (Å²) in [5.74, 6) is -1.73. The lowest BCUT2D eigenvalue weighted by Crippen LogP contribution is -2.48. The first kappa shape index (κ1) is 20.6. The van der Waals surface area contributed by atoms with Crippen LogP contribution in [-0.2, 0) is 14.3 Å². The van der Waals surface area contributed by atoms with Crippen LogP contribution >= 0.6 is 11.8 Å². The second-order valence-electron chi connectivity index (χ2n) is 6.39. The summed E-state index contributed by atoms with van der Waals surface area (Å²) in [6.45, 7) is 3.06. The number of nitrogens with zero attached hydrogens (tertiary/aromatic N) is 2. The van der Waals surface area contributed by atoms with Crippen molar-refractivity contribution in [3.63, 3.8) is 0 Å². The highest BCUT2D eigenvalue weighted by atomic mass is 32.2. The quantitative estimate of drug-likeness (QED) is 0.536. The molecule has 2 aromatic rings. The van der Waals surface area contributed by atoms with Gasteiger partial charge in [0.05, 0.1) is 11.1 Å². The van der Waals surface area contributed by atoms with Gasteiger partial charge in [0.2, 0.25) is 0 Å². The van der Waals surface area contributed by atoms with Crippen LogP contribution in [-0.4, -0.2) is 57.9 Å². The lowest BCUT2D eigenvalue weighted by atomic mass is 10.1. The van der Waals surface area contributed by atoms with Gasteiger partial charge in [-0.1, -0.05) is 17.3 Å². The van der Waals surface area contributed by atoms with E-state index >= 15 is 0 Å². The van der Waals surface area contributed by atoms with E-state index in [0.717, 1.165) is 4.90 Å². The standard InChI is InChI=1S/C19H19N3O6S/c1-10-8-15(21-28-10)20-16(23)11(2)27-19(26)14(9-29-3)22-17(24)12-6-4-5-7-13(12)18(22)25/h4-8,11,14H,9H2,1-3H3,(H,20,21,23)/t11-,14-/m1/s1. The number of fused-ring (bicyclic) bond motifs is 1. The first-order valence-electron chi connectivity index (χ1n) is 8.74. The molecule has 0 aliphatic carbocycles. The topological polar surface area (TPSA) is 119 Å². The number of aromatic nitrogens is 1. The molecule has 0 saturated heterocycles. The van der Waals surface area contributed by atoms with Gasteiger partial charge in [0.1, 0.15) is 11.8 Å². The van der Waals surface area contributed by atoms with Crippen LogP contribution in [0.25, 0.3) is 0 Å². The number of imide groups is 1. The Kier molecular flexibility index (Phi) is 6.02. The molecule has 9 nitrogen and oxygen atoms in total. The van der Waals surface area contributed by atoms with Gasteiger partial charge in [-0.15, -0.1) is 0 Å². The minimum atomic E-state index is -1.17. The molecule has 1 aliphatic heterocycles. The van der Waals surface area contributed by atoms with E-state index in [1.54, 1.807) is 25.3 Å². The molecule has 1 N–H and O–H groups in total. The van der Waals surface area contributed by atoms with Crippen molar-refractivity contribution in [3.05, 3.63) is 47.2 Å². The third kappa shape index (κ3) is 4.16. The predicted octanol–water partition coefficient (Wildman–Crippen LogP) is 1.88. The van der Waals surface area contributed by atoms with Crippen LogP contribution in [0.5, 0.6) is 0 Å². The van der Waals surface area contributed by atoms with Crippen molar-refractivity contribution < 1.29 is 28.4 Å². The van der Waals surface area contributed by atoms with E-state index in [-0.39, 0.29) is 22.7 Å². The number of thioether (sulfide) groups is 1. The number of benzene rings is 1. The van der Waals surface area contributed by atoms with Crippen LogP contribution in [0.3, 0.4) is 0 Å². The summed E-state index contributed by atoms with van der Waals surface area (Å²) >= 11 is 1.28. The SMILES string of the molecule is CSC[C@H](C(=O)O[C@H](C)C(=O)Nc1cc(C)on1)N1C(=O)c2ccccc2C1=O. The Bertz CT molecular complexity index is 937. The van der Waals surface area contributed by atoms with Crippen molar-refractivity contribution in [2.45, 2.75) is 26.0 Å². The number of ether oxygens (including phenoxy) is 1. The van der Waals surface area contributed by atoms with E-state index in [2.05, 4.69) is 10.5 Å². The van der Waals surface area contributed by atoms with Crippen molar-refractivity contribution in [2.24, 2.45) is 0 Å². The first-order chi connectivity index (χ1) is 13.8. The molecular formula is C19H19N3O6S. The van der Waals surface area contributed by atoms with Crippen LogP contribution in [0, 0.1) is 6.92 Å². The Labute approximate surface area is 170 Å². The smallest absolute Gasteiger partial charge is 0.331 e. The Morgan fingerprint density at radius 1 is 1.24 bits per heavy atom. The molecule has 0 spiro atoms. The Morgan fingerprint density at radius 2 is 1.86 bits per heavy atom. The van der Waals surface area contributed by atoms with E-state index < -0.39 is 35.8 Å². The highest BCUT2D eigenvalue weighted by Gasteiger charge is 2.43. The zero-order valence-corrected chi connectivity index (χ0v) is 16.8. The van der Waals surface area contributed by atoms with Gasteiger partial charge >= 0.3 is 5.97 Å². The maximum atomic E-state index is 12.7. The van der Waals surface area contributed by atoms with E-state index in [1.807, 2.05) is 0 Å². The average Bonchev–Trinajstić information content (AvgIpc) is 3.21. The number of carbonyl (C=O) groups excluding carboxylic acids is 4. The molecule has 2 atom stereocenters. The number of anilines is 1. The normalized spacial score (nSPS) is 15.1. The molecule has 2 heterocycles. The molecule has 29 heavy (non-hydrogen) atoms. The third-order valence-corrected chi connectivity index (χ3v) is 4.92. The number of nitrogens with one attached hydrogen (secondary N) is 1. The predicted molar refractivity (Wildman–Crippen MR) is 105 cm³/mol. The van der Waals surface area contributed by atoms with Gasteiger partial charge in [0.15, 0.2) is 11.9 Å². The summed E-state index contributed by atoms with van der Waals surface area (Å²) in [5, 5.41) is 6.11. The molecule has 0 bridgehead atoms. The van der Waals surface area contributed by atoms with Gasteiger partial charge in [0.25, 0.3) is 17.7 Å². The molecule has 0 fully saturated rings. The van der Waals surface area contributed by atoms with Gasteiger partial charge in [-0.3, -0.25) is 19.3 Å². The number of esters is 1. The number of hydrogen-bond donors (Lipinski definition) is 1. The molecular weight excluding hydrogens is 398 g/mol. The lowest BCUT2D eigenvalue weighted by molar-refractivity contribution is -0.156. The van der Waals surface area contributed by atoms with Crippen molar-refractivity contribution in [1.29, 1.82) is 0 Å². The van der Waals surface area contributed by atoms with Crippen molar-refractivity contribution in [3.8, 4) is 0 Å². The molecule has 10 heteroatoms. The second kappa shape index (κ2) is 8.48. The number of amides is 3. The molecule has 0 unspecified atom stereocenters. The molecule has 0 radical (unpaired) electrons. The average molecular weight is 417 g/mol. The maximum absolute atomic E-state index is 12.7. The van der Waals surface area contributed by atoms with Crippen LogP contribution in [0.1, 0.15) is 33.4 Å². The van der Waals surface area contributed by atoms with Gasteiger partial charge in [0, 0.05) is 11.8 Å². The van der Waals surface area contributed by atoms with Crippen molar-refractivity contribution >= 4 is 41.3 Å². The Hall–Kier alpha value is -3.14. The van der Waals surface area contributed by atoms with Crippen LogP contribution in [0.2, 0.25) is 0 Å². The van der Waals surface area contributed by atoms with Crippen LogP contribution < -0.4 is 5.32 Å². The zero-order chi connectivity index (χ0) is 21.1. The highest BCUT2D eigenvalue weighted by Crippen LogP contribution is 2.26. The summed E-state index contributed by atoms with van der Waals surface area (Å²) < 4.78 is 10.1. The minimum absolute atomic E-state index is 0.140. The summed E-state index contributed by atoms with van der Waals surface area (Å²) in [5.41, 5.74) is 0.479. The highest BCUT2D eigenvalue weighted by molar-refractivity contribution is 7.98. The summed E-state index contributed by atoms with van der Waals surface area (Å²) in [6, 6.07) is 6.73. The molecule has 1 aliphatic rings. The lowest BCUT2D eigenvalue weighted by Gasteiger charge is -2.25.